The van der Waals surface area contributed by atoms with Gasteiger partial charge in [0.15, 0.2) is 0 Å². The van der Waals surface area contributed by atoms with E-state index in [9.17, 15) is 0 Å². The number of nitrogens with zero attached hydrogens (tertiary/aromatic N) is 3. The summed E-state index contributed by atoms with van der Waals surface area (Å²) in [6, 6.07) is 5.55. The van der Waals surface area contributed by atoms with Gasteiger partial charge in [0.2, 0.25) is 5.82 Å². The smallest absolute Gasteiger partial charge is 0.260 e. The number of rotatable bonds is 2. The summed E-state index contributed by atoms with van der Waals surface area (Å²) < 4.78 is 6.01. The third kappa shape index (κ3) is 1.91. The second kappa shape index (κ2) is 4.51. The first-order valence-corrected chi connectivity index (χ1v) is 6.76. The summed E-state index contributed by atoms with van der Waals surface area (Å²) in [6.07, 6.45) is 0. The number of nitrogens with two attached hydrogens (primary N) is 1. The standard InChI is InChI=1S/C11H7BrN4OS/c12-7-3-1-2-6(9(7)13)11-15-10(16-17-11)8-4-18-5-14-8/h1-5H,13H2. The molecule has 0 amide bonds. The highest BCUT2D eigenvalue weighted by Gasteiger charge is 2.14. The summed E-state index contributed by atoms with van der Waals surface area (Å²) in [4.78, 5) is 8.42. The van der Waals surface area contributed by atoms with Crippen LogP contribution in [0.4, 0.5) is 5.69 Å². The fourth-order valence-electron chi connectivity index (χ4n) is 1.48. The molecule has 2 N–H and O–H groups in total. The van der Waals surface area contributed by atoms with E-state index >= 15 is 0 Å². The number of benzene rings is 1. The molecule has 1 aromatic carbocycles. The van der Waals surface area contributed by atoms with Crippen LogP contribution in [0.5, 0.6) is 0 Å². The average molecular weight is 323 g/mol. The molecule has 0 spiro atoms. The van der Waals surface area contributed by atoms with Crippen molar-refractivity contribution >= 4 is 33.0 Å². The van der Waals surface area contributed by atoms with Crippen molar-refractivity contribution in [3.8, 4) is 23.0 Å². The average Bonchev–Trinajstić information content (AvgIpc) is 3.01. The van der Waals surface area contributed by atoms with Crippen molar-refractivity contribution in [3.05, 3.63) is 33.6 Å². The molecule has 0 saturated heterocycles. The van der Waals surface area contributed by atoms with Gasteiger partial charge in [-0.05, 0) is 28.1 Å². The maximum absolute atomic E-state index is 5.95. The normalized spacial score (nSPS) is 10.7. The SMILES string of the molecule is Nc1c(Br)cccc1-c1nc(-c2cscn2)no1. The number of hydrogen-bond donors (Lipinski definition) is 1. The highest BCUT2D eigenvalue weighted by atomic mass is 79.9. The summed E-state index contributed by atoms with van der Waals surface area (Å²) >= 11 is 4.84. The van der Waals surface area contributed by atoms with E-state index in [-0.39, 0.29) is 0 Å². The van der Waals surface area contributed by atoms with Crippen molar-refractivity contribution in [1.82, 2.24) is 15.1 Å². The zero-order chi connectivity index (χ0) is 12.5. The molecule has 2 aromatic heterocycles. The molecule has 3 aromatic rings. The quantitative estimate of drug-likeness (QED) is 0.733. The fraction of sp³-hybridized carbons (Fsp3) is 0. The molecule has 90 valence electrons. The van der Waals surface area contributed by atoms with Crippen molar-refractivity contribution in [3.63, 3.8) is 0 Å². The predicted molar refractivity (Wildman–Crippen MR) is 73.0 cm³/mol. The van der Waals surface area contributed by atoms with Gasteiger partial charge in [0.25, 0.3) is 5.89 Å². The molecule has 7 heteroatoms. The largest absolute Gasteiger partial charge is 0.397 e. The first kappa shape index (κ1) is 11.4. The van der Waals surface area contributed by atoms with Crippen LogP contribution in [-0.4, -0.2) is 15.1 Å². The number of anilines is 1. The van der Waals surface area contributed by atoms with Gasteiger partial charge >= 0.3 is 0 Å². The van der Waals surface area contributed by atoms with Gasteiger partial charge in [0, 0.05) is 9.85 Å². The number of hydrogen-bond acceptors (Lipinski definition) is 6. The zero-order valence-electron chi connectivity index (χ0n) is 9.00. The predicted octanol–water partition coefficient (Wildman–Crippen LogP) is 3.20. The lowest BCUT2D eigenvalue weighted by Crippen LogP contribution is -1.91. The third-order valence-corrected chi connectivity index (χ3v) is 3.65. The molecule has 3 rings (SSSR count). The minimum atomic E-state index is 0.386. The van der Waals surface area contributed by atoms with E-state index in [2.05, 4.69) is 31.1 Å². The van der Waals surface area contributed by atoms with Gasteiger partial charge in [-0.25, -0.2) is 4.98 Å². The molecule has 0 aliphatic rings. The molecule has 0 radical (unpaired) electrons. The molecular weight excluding hydrogens is 316 g/mol. The lowest BCUT2D eigenvalue weighted by Gasteiger charge is -2.01. The molecule has 0 aliphatic heterocycles. The van der Waals surface area contributed by atoms with E-state index in [4.69, 9.17) is 10.3 Å². The maximum atomic E-state index is 5.95. The van der Waals surface area contributed by atoms with Crippen LogP contribution in [-0.2, 0) is 0 Å². The topological polar surface area (TPSA) is 77.8 Å². The molecule has 0 fully saturated rings. The van der Waals surface area contributed by atoms with E-state index in [1.165, 1.54) is 11.3 Å². The summed E-state index contributed by atoms with van der Waals surface area (Å²) in [7, 11) is 0. The molecule has 0 aliphatic carbocycles. The molecule has 5 nitrogen and oxygen atoms in total. The van der Waals surface area contributed by atoms with Crippen LogP contribution < -0.4 is 5.73 Å². The number of nitrogen functional groups attached to an aromatic ring is 1. The van der Waals surface area contributed by atoms with Crippen molar-refractivity contribution in [2.24, 2.45) is 0 Å². The fourth-order valence-corrected chi connectivity index (χ4v) is 2.38. The highest BCUT2D eigenvalue weighted by Crippen LogP contribution is 2.31. The van der Waals surface area contributed by atoms with Crippen molar-refractivity contribution in [2.75, 3.05) is 5.73 Å². The lowest BCUT2D eigenvalue weighted by molar-refractivity contribution is 0.432. The van der Waals surface area contributed by atoms with E-state index in [0.29, 0.717) is 28.7 Å². The van der Waals surface area contributed by atoms with Crippen molar-refractivity contribution < 1.29 is 4.52 Å². The van der Waals surface area contributed by atoms with E-state index in [0.717, 1.165) is 4.47 Å². The Kier molecular flexibility index (Phi) is 2.85. The summed E-state index contributed by atoms with van der Waals surface area (Å²) in [5, 5.41) is 5.75. The van der Waals surface area contributed by atoms with E-state index in [1.54, 1.807) is 5.51 Å². The van der Waals surface area contributed by atoms with Gasteiger partial charge in [0.05, 0.1) is 16.8 Å². The second-order valence-electron chi connectivity index (χ2n) is 3.50. The number of thiazole rings is 1. The van der Waals surface area contributed by atoms with Crippen molar-refractivity contribution in [1.29, 1.82) is 0 Å². The van der Waals surface area contributed by atoms with Crippen LogP contribution in [0.2, 0.25) is 0 Å². The number of para-hydroxylation sites is 1. The van der Waals surface area contributed by atoms with Crippen LogP contribution in [0.1, 0.15) is 0 Å². The van der Waals surface area contributed by atoms with Gasteiger partial charge in [0.1, 0.15) is 5.69 Å². The van der Waals surface area contributed by atoms with Gasteiger partial charge in [-0.15, -0.1) is 11.3 Å². The Morgan fingerprint density at radius 2 is 2.22 bits per heavy atom. The highest BCUT2D eigenvalue weighted by molar-refractivity contribution is 9.10. The first-order chi connectivity index (χ1) is 8.75. The van der Waals surface area contributed by atoms with Crippen LogP contribution >= 0.6 is 27.3 Å². The molecule has 18 heavy (non-hydrogen) atoms. The van der Waals surface area contributed by atoms with Crippen LogP contribution in [0.15, 0.2) is 38.1 Å². The lowest BCUT2D eigenvalue weighted by atomic mass is 10.2. The van der Waals surface area contributed by atoms with Crippen LogP contribution in [0.3, 0.4) is 0 Å². The van der Waals surface area contributed by atoms with Gasteiger partial charge in [-0.2, -0.15) is 4.98 Å². The third-order valence-electron chi connectivity index (χ3n) is 2.37. The Hall–Kier alpha value is -1.73. The zero-order valence-corrected chi connectivity index (χ0v) is 11.4. The molecule has 0 bridgehead atoms. The molecule has 0 unspecified atom stereocenters. The van der Waals surface area contributed by atoms with Gasteiger partial charge in [-0.1, -0.05) is 11.2 Å². The van der Waals surface area contributed by atoms with Crippen molar-refractivity contribution in [2.45, 2.75) is 0 Å². The second-order valence-corrected chi connectivity index (χ2v) is 5.07. The van der Waals surface area contributed by atoms with Gasteiger partial charge in [-0.3, -0.25) is 0 Å². The monoisotopic (exact) mass is 322 g/mol. The molecule has 0 saturated carbocycles. The Labute approximate surface area is 115 Å². The Morgan fingerprint density at radius 3 is 3.00 bits per heavy atom. The minimum Gasteiger partial charge on any atom is -0.397 e. The maximum Gasteiger partial charge on any atom is 0.260 e. The van der Waals surface area contributed by atoms with E-state index < -0.39 is 0 Å². The number of halogens is 1. The molecular formula is C11H7BrN4OS. The summed E-state index contributed by atoms with van der Waals surface area (Å²) in [5.74, 6) is 0.849. The van der Waals surface area contributed by atoms with Crippen LogP contribution in [0, 0.1) is 0 Å². The Morgan fingerprint density at radius 1 is 1.33 bits per heavy atom. The minimum absolute atomic E-state index is 0.386. The molecule has 2 heterocycles. The van der Waals surface area contributed by atoms with E-state index in [1.807, 2.05) is 23.6 Å². The Balaban J connectivity index is 2.06. The first-order valence-electron chi connectivity index (χ1n) is 5.02. The Bertz CT molecular complexity index is 680. The molecule has 0 atom stereocenters. The van der Waals surface area contributed by atoms with Gasteiger partial charge < -0.3 is 10.3 Å². The summed E-state index contributed by atoms with van der Waals surface area (Å²) in [6.45, 7) is 0. The van der Waals surface area contributed by atoms with Crippen LogP contribution in [0.25, 0.3) is 23.0 Å². The number of aromatic nitrogens is 3. The summed E-state index contributed by atoms with van der Waals surface area (Å²) in [5.41, 5.74) is 9.65.